The number of rotatable bonds is 3. The summed E-state index contributed by atoms with van der Waals surface area (Å²) in [4.78, 5) is 0. The summed E-state index contributed by atoms with van der Waals surface area (Å²) >= 11 is 5.36. The molecule has 0 spiro atoms. The van der Waals surface area contributed by atoms with E-state index in [1.165, 1.54) is 59.4 Å². The molecule has 0 saturated carbocycles. The van der Waals surface area contributed by atoms with Crippen molar-refractivity contribution in [3.05, 3.63) is 131 Å². The second kappa shape index (κ2) is 16.8. The second-order valence-corrected chi connectivity index (χ2v) is 20.7. The van der Waals surface area contributed by atoms with Crippen molar-refractivity contribution in [3.8, 4) is 22.3 Å². The fraction of sp³-hybridized carbons (Fsp3) is 0.167. The molecule has 0 fully saturated rings. The van der Waals surface area contributed by atoms with Crippen molar-refractivity contribution < 1.29 is 48.1 Å². The average Bonchev–Trinajstić information content (AvgIpc) is 3.54. The van der Waals surface area contributed by atoms with E-state index in [2.05, 4.69) is 165 Å². The van der Waals surface area contributed by atoms with Gasteiger partial charge in [-0.3, -0.25) is 0 Å². The molecule has 0 aliphatic heterocycles. The van der Waals surface area contributed by atoms with Gasteiger partial charge in [-0.1, -0.05) is 115 Å². The van der Waals surface area contributed by atoms with Gasteiger partial charge in [0.2, 0.25) is 0 Å². The zero-order chi connectivity index (χ0) is 27.9. The maximum atomic E-state index is 3.62. The molecule has 6 aromatic carbocycles. The summed E-state index contributed by atoms with van der Waals surface area (Å²) in [6.07, 6.45) is 0. The minimum Gasteiger partial charge on any atom is -1.00 e. The van der Waals surface area contributed by atoms with Gasteiger partial charge in [0.15, 0.2) is 0 Å². The Kier molecular flexibility index (Phi) is 14.5. The van der Waals surface area contributed by atoms with Crippen molar-refractivity contribution in [1.29, 1.82) is 0 Å². The zero-order valence-corrected chi connectivity index (χ0v) is 30.7. The Hall–Kier alpha value is -1.74. The van der Waals surface area contributed by atoms with E-state index in [4.69, 9.17) is 0 Å². The van der Waals surface area contributed by atoms with Crippen LogP contribution in [-0.2, 0) is 23.3 Å². The maximum Gasteiger partial charge on any atom is -0.0279 e. The van der Waals surface area contributed by atoms with Crippen molar-refractivity contribution in [3.63, 3.8) is 0 Å². The summed E-state index contributed by atoms with van der Waals surface area (Å²) in [6.45, 7) is 11.2. The Morgan fingerprint density at radius 3 is 1.76 bits per heavy atom. The topological polar surface area (TPSA) is 0 Å². The molecular weight excluding hydrogens is 703 g/mol. The molecule has 0 unspecified atom stereocenters. The van der Waals surface area contributed by atoms with Crippen LogP contribution in [0.1, 0.15) is 30.9 Å². The van der Waals surface area contributed by atoms with Gasteiger partial charge in [-0.2, -0.15) is 12.1 Å². The number of hydrogen-bond acceptors (Lipinski definition) is 0. The Labute approximate surface area is 281 Å². The van der Waals surface area contributed by atoms with E-state index < -0.39 is 0 Å². The molecule has 6 aromatic rings. The number of halogens is 3. The van der Waals surface area contributed by atoms with Crippen molar-refractivity contribution in [1.82, 2.24) is 0 Å². The molecule has 0 N–H and O–H groups in total. The van der Waals surface area contributed by atoms with E-state index in [-0.39, 0.29) is 30.2 Å². The predicted molar refractivity (Wildman–Crippen MR) is 174 cm³/mol. The molecule has 0 saturated heterocycles. The van der Waals surface area contributed by atoms with Crippen LogP contribution in [-0.4, -0.2) is 5.43 Å². The Morgan fingerprint density at radius 1 is 0.683 bits per heavy atom. The predicted octanol–water partition coefficient (Wildman–Crippen LogP) is 5.44. The first-order chi connectivity index (χ1) is 18.7. The summed E-state index contributed by atoms with van der Waals surface area (Å²) in [6, 6.07) is 41.1. The molecule has 0 nitrogen and oxygen atoms in total. The monoisotopic (exact) mass is 734 g/mol. The number of benzene rings is 4. The van der Waals surface area contributed by atoms with Gasteiger partial charge in [0.25, 0.3) is 0 Å². The first kappa shape index (κ1) is 35.5. The Bertz CT molecular complexity index is 1680. The van der Waals surface area contributed by atoms with Crippen LogP contribution in [0.2, 0.25) is 13.1 Å². The summed E-state index contributed by atoms with van der Waals surface area (Å²) in [5.41, 5.74) is 8.15. The van der Waals surface area contributed by atoms with Crippen LogP contribution in [0.5, 0.6) is 0 Å². The van der Waals surface area contributed by atoms with Crippen LogP contribution in [0.25, 0.3) is 43.8 Å². The van der Waals surface area contributed by atoms with Crippen molar-refractivity contribution >= 4 is 42.9 Å². The third-order valence-corrected chi connectivity index (χ3v) is 7.28. The van der Waals surface area contributed by atoms with Gasteiger partial charge in [0.1, 0.15) is 0 Å². The maximum absolute atomic E-state index is 3.62. The van der Waals surface area contributed by atoms with Crippen LogP contribution in [0.3, 0.4) is 0 Å². The second-order valence-electron chi connectivity index (χ2n) is 10.4. The van der Waals surface area contributed by atoms with Gasteiger partial charge in [-0.25, -0.2) is 0 Å². The van der Waals surface area contributed by atoms with E-state index in [0.29, 0.717) is 5.92 Å². The van der Waals surface area contributed by atoms with E-state index in [1.807, 2.05) is 0 Å². The fourth-order valence-electron chi connectivity index (χ4n) is 4.74. The van der Waals surface area contributed by atoms with Crippen LogP contribution in [0, 0.1) is 6.92 Å². The molecule has 0 aromatic heterocycles. The third-order valence-electron chi connectivity index (χ3n) is 6.59. The standard InChI is InChI=1S/C18H17.C16H12Br.C2H6Si.2ClH.Zr/c1-13(2)16-11-15-9-6-10-17(18(15)12-16)14-7-4-3-5-8-14;1-11-9-14-13(12-5-3-2-4-6-12)7-8-16(17)15(14)10-11;1-3-2;;;/h3-13H,1-2H3;2-10H,1H3;1-2H3;2*1H;/q2*-1;;;;+2/p-2. The van der Waals surface area contributed by atoms with Crippen molar-refractivity contribution in [2.45, 2.75) is 39.8 Å². The van der Waals surface area contributed by atoms with Gasteiger partial charge < -0.3 is 24.8 Å². The first-order valence-electron chi connectivity index (χ1n) is 13.4. The average molecular weight is 738 g/mol. The van der Waals surface area contributed by atoms with Crippen molar-refractivity contribution in [2.24, 2.45) is 0 Å². The quantitative estimate of drug-likeness (QED) is 0.168. The molecule has 6 rings (SSSR count). The molecule has 5 heteroatoms. The molecule has 0 amide bonds. The van der Waals surface area contributed by atoms with Gasteiger partial charge >= 0.3 is 41.9 Å². The molecule has 0 aliphatic rings. The Balaban J connectivity index is 0.000000244. The van der Waals surface area contributed by atoms with E-state index in [9.17, 15) is 0 Å². The van der Waals surface area contributed by atoms with Crippen LogP contribution in [0.15, 0.2) is 120 Å². The molecular formula is C36H35BrCl2SiZr-2. The summed E-state index contributed by atoms with van der Waals surface area (Å²) < 4.78 is 1.17. The minimum absolute atomic E-state index is 0. The number of fused-ring (bicyclic) bond motifs is 2. The molecule has 0 aliphatic carbocycles. The van der Waals surface area contributed by atoms with Crippen LogP contribution in [0.4, 0.5) is 0 Å². The van der Waals surface area contributed by atoms with E-state index in [0.717, 1.165) is 0 Å². The van der Waals surface area contributed by atoms with Crippen LogP contribution >= 0.6 is 15.9 Å². The molecule has 0 bridgehead atoms. The van der Waals surface area contributed by atoms with Gasteiger partial charge in [-0.05, 0) is 17.0 Å². The number of hydrogen-bond donors (Lipinski definition) is 0. The largest absolute Gasteiger partial charge is 1.00 e. The van der Waals surface area contributed by atoms with Gasteiger partial charge in [-0.15, -0.1) is 72.9 Å². The number of aryl methyl sites for hydroxylation is 1. The molecule has 0 radical (unpaired) electrons. The summed E-state index contributed by atoms with van der Waals surface area (Å²) in [5, 5.41) is 5.33. The summed E-state index contributed by atoms with van der Waals surface area (Å²) in [5.74, 6) is 0.584. The Morgan fingerprint density at radius 2 is 1.22 bits per heavy atom. The van der Waals surface area contributed by atoms with Gasteiger partial charge in [0, 0.05) is 0 Å². The first-order valence-corrected chi connectivity index (χ1v) is 20.4. The third kappa shape index (κ3) is 9.37. The zero-order valence-electron chi connectivity index (χ0n) is 24.2. The molecule has 41 heavy (non-hydrogen) atoms. The van der Waals surface area contributed by atoms with Crippen molar-refractivity contribution in [2.75, 3.05) is 0 Å². The molecule has 0 heterocycles. The fourth-order valence-corrected chi connectivity index (χ4v) is 5.20. The van der Waals surface area contributed by atoms with E-state index in [1.54, 1.807) is 23.3 Å². The molecule has 210 valence electrons. The smallest absolute Gasteiger partial charge is 0.0279 e. The summed E-state index contributed by atoms with van der Waals surface area (Å²) in [7, 11) is 0. The molecule has 0 atom stereocenters. The van der Waals surface area contributed by atoms with Gasteiger partial charge in [0.05, 0.1) is 0 Å². The van der Waals surface area contributed by atoms with E-state index >= 15 is 0 Å². The SMILES string of the molecule is CC(C)c1cc2c(-c3ccccc3)cccc2[cH-]1.C[Si](C)=[Zr+2].Cc1cc2c(-c3ccccc3)ccc(Br)c2[cH-]1.[Cl-].[Cl-]. The normalized spacial score (nSPS) is 10.2. The minimum atomic E-state index is 0. The van der Waals surface area contributed by atoms with Crippen LogP contribution < -0.4 is 24.8 Å².